The van der Waals surface area contributed by atoms with Gasteiger partial charge < -0.3 is 10.5 Å². The van der Waals surface area contributed by atoms with Gasteiger partial charge in [-0.1, -0.05) is 30.3 Å². The molecule has 2 aromatic carbocycles. The lowest BCUT2D eigenvalue weighted by atomic mass is 9.97. The van der Waals surface area contributed by atoms with E-state index in [1.807, 2.05) is 44.2 Å². The first-order valence-electron chi connectivity index (χ1n) is 6.76. The van der Waals surface area contributed by atoms with Crippen molar-refractivity contribution in [3.8, 4) is 5.75 Å². The van der Waals surface area contributed by atoms with Gasteiger partial charge in [0.1, 0.15) is 11.6 Å². The second-order valence-electron chi connectivity index (χ2n) is 5.19. The minimum absolute atomic E-state index is 0.0677. The molecule has 2 nitrogen and oxygen atoms in total. The lowest BCUT2D eigenvalue weighted by molar-refractivity contribution is 0.239. The first-order chi connectivity index (χ1) is 9.49. The van der Waals surface area contributed by atoms with Gasteiger partial charge in [-0.2, -0.15) is 0 Å². The highest BCUT2D eigenvalue weighted by Gasteiger charge is 2.15. The first-order valence-corrected chi connectivity index (χ1v) is 6.76. The van der Waals surface area contributed by atoms with E-state index in [0.29, 0.717) is 5.56 Å². The summed E-state index contributed by atoms with van der Waals surface area (Å²) in [6.07, 6.45) is 0.0677. The molecule has 0 radical (unpaired) electrons. The van der Waals surface area contributed by atoms with Crippen LogP contribution >= 0.6 is 0 Å². The largest absolute Gasteiger partial charge is 0.491 e. The van der Waals surface area contributed by atoms with Gasteiger partial charge in [0.25, 0.3) is 0 Å². The normalized spacial score (nSPS) is 12.5. The van der Waals surface area contributed by atoms with Gasteiger partial charge in [0.05, 0.1) is 12.1 Å². The molecule has 0 heterocycles. The number of hydrogen-bond donors (Lipinski definition) is 1. The van der Waals surface area contributed by atoms with Crippen molar-refractivity contribution in [3.63, 3.8) is 0 Å². The summed E-state index contributed by atoms with van der Waals surface area (Å²) >= 11 is 0. The van der Waals surface area contributed by atoms with Crippen LogP contribution in [0.3, 0.4) is 0 Å². The maximum Gasteiger partial charge on any atom is 0.126 e. The Kier molecular flexibility index (Phi) is 4.40. The van der Waals surface area contributed by atoms with Crippen LogP contribution in [0.1, 0.15) is 36.6 Å². The van der Waals surface area contributed by atoms with Crippen LogP contribution in [0, 0.1) is 12.7 Å². The summed E-state index contributed by atoms with van der Waals surface area (Å²) in [5.41, 5.74) is 8.49. The highest BCUT2D eigenvalue weighted by atomic mass is 19.1. The highest BCUT2D eigenvalue weighted by molar-refractivity contribution is 5.42. The van der Waals surface area contributed by atoms with Crippen molar-refractivity contribution >= 4 is 0 Å². The number of ether oxygens (including phenoxy) is 1. The van der Waals surface area contributed by atoms with Crippen LogP contribution in [0.5, 0.6) is 5.75 Å². The second kappa shape index (κ2) is 6.06. The Hall–Kier alpha value is -1.87. The van der Waals surface area contributed by atoms with Gasteiger partial charge in [0.2, 0.25) is 0 Å². The molecule has 20 heavy (non-hydrogen) atoms. The molecule has 0 saturated carbocycles. The zero-order valence-electron chi connectivity index (χ0n) is 12.1. The number of nitrogens with two attached hydrogens (primary N) is 1. The molecule has 0 bridgehead atoms. The molecule has 1 atom stereocenters. The monoisotopic (exact) mass is 273 g/mol. The van der Waals surface area contributed by atoms with Gasteiger partial charge in [0.15, 0.2) is 0 Å². The van der Waals surface area contributed by atoms with Crippen LogP contribution in [-0.4, -0.2) is 6.10 Å². The molecule has 0 saturated heterocycles. The molecule has 0 spiro atoms. The topological polar surface area (TPSA) is 35.2 Å². The van der Waals surface area contributed by atoms with Gasteiger partial charge >= 0.3 is 0 Å². The molecule has 0 aliphatic heterocycles. The maximum absolute atomic E-state index is 13.7. The number of halogens is 1. The molecular formula is C17H20FNO. The van der Waals surface area contributed by atoms with Crippen molar-refractivity contribution in [1.29, 1.82) is 0 Å². The molecular weight excluding hydrogens is 253 g/mol. The standard InChI is InChI=1S/C17H20FNO/c1-11(2)20-16-7-5-4-6-14(16)17(19)13-9-8-12(3)15(18)10-13/h4-11,17H,19H2,1-3H3. The summed E-state index contributed by atoms with van der Waals surface area (Å²) < 4.78 is 19.4. The number of rotatable bonds is 4. The Labute approximate surface area is 119 Å². The molecule has 0 amide bonds. The minimum atomic E-state index is -0.403. The Morgan fingerprint density at radius 3 is 2.45 bits per heavy atom. The van der Waals surface area contributed by atoms with Crippen LogP contribution in [0.4, 0.5) is 4.39 Å². The fourth-order valence-electron chi connectivity index (χ4n) is 2.08. The van der Waals surface area contributed by atoms with Crippen molar-refractivity contribution in [1.82, 2.24) is 0 Å². The summed E-state index contributed by atoms with van der Waals surface area (Å²) in [7, 11) is 0. The molecule has 0 fully saturated rings. The number of hydrogen-bond acceptors (Lipinski definition) is 2. The van der Waals surface area contributed by atoms with E-state index in [0.717, 1.165) is 16.9 Å². The van der Waals surface area contributed by atoms with Gasteiger partial charge in [0, 0.05) is 5.56 Å². The van der Waals surface area contributed by atoms with Crippen LogP contribution in [0.15, 0.2) is 42.5 Å². The van der Waals surface area contributed by atoms with Crippen molar-refractivity contribution in [2.75, 3.05) is 0 Å². The molecule has 1 unspecified atom stereocenters. The number of para-hydroxylation sites is 1. The van der Waals surface area contributed by atoms with Crippen molar-refractivity contribution in [3.05, 3.63) is 65.0 Å². The van der Waals surface area contributed by atoms with E-state index < -0.39 is 6.04 Å². The fourth-order valence-corrected chi connectivity index (χ4v) is 2.08. The molecule has 0 aromatic heterocycles. The van der Waals surface area contributed by atoms with E-state index >= 15 is 0 Å². The van der Waals surface area contributed by atoms with Gasteiger partial charge in [-0.25, -0.2) is 4.39 Å². The molecule has 0 aliphatic rings. The van der Waals surface area contributed by atoms with Gasteiger partial charge in [-0.3, -0.25) is 0 Å². The van der Waals surface area contributed by atoms with Crippen molar-refractivity contribution in [2.45, 2.75) is 32.9 Å². The quantitative estimate of drug-likeness (QED) is 0.914. The van der Waals surface area contributed by atoms with Gasteiger partial charge in [-0.05, 0) is 44.0 Å². The lowest BCUT2D eigenvalue weighted by Gasteiger charge is -2.19. The molecule has 2 rings (SSSR count). The second-order valence-corrected chi connectivity index (χ2v) is 5.19. The van der Waals surface area contributed by atoms with E-state index in [4.69, 9.17) is 10.5 Å². The molecule has 2 N–H and O–H groups in total. The van der Waals surface area contributed by atoms with Crippen LogP contribution < -0.4 is 10.5 Å². The predicted octanol–water partition coefficient (Wildman–Crippen LogP) is 3.97. The third-order valence-electron chi connectivity index (χ3n) is 3.17. The lowest BCUT2D eigenvalue weighted by Crippen LogP contribution is -2.15. The SMILES string of the molecule is Cc1ccc(C(N)c2ccccc2OC(C)C)cc1F. The molecule has 0 aliphatic carbocycles. The van der Waals surface area contributed by atoms with Crippen LogP contribution in [0.2, 0.25) is 0 Å². The smallest absolute Gasteiger partial charge is 0.126 e. The summed E-state index contributed by atoms with van der Waals surface area (Å²) in [6.45, 7) is 5.67. The van der Waals surface area contributed by atoms with E-state index in [2.05, 4.69) is 0 Å². The average Bonchev–Trinajstić information content (AvgIpc) is 2.41. The summed E-state index contributed by atoms with van der Waals surface area (Å²) in [4.78, 5) is 0. The third kappa shape index (κ3) is 3.17. The molecule has 3 heteroatoms. The van der Waals surface area contributed by atoms with Crippen molar-refractivity contribution in [2.24, 2.45) is 5.73 Å². The number of aryl methyl sites for hydroxylation is 1. The van der Waals surface area contributed by atoms with Gasteiger partial charge in [-0.15, -0.1) is 0 Å². The van der Waals surface area contributed by atoms with Crippen LogP contribution in [-0.2, 0) is 0 Å². The van der Waals surface area contributed by atoms with E-state index in [1.54, 1.807) is 13.0 Å². The van der Waals surface area contributed by atoms with E-state index in [9.17, 15) is 4.39 Å². The highest BCUT2D eigenvalue weighted by Crippen LogP contribution is 2.29. The number of benzene rings is 2. The zero-order valence-corrected chi connectivity index (χ0v) is 12.1. The molecule has 2 aromatic rings. The Morgan fingerprint density at radius 2 is 1.80 bits per heavy atom. The molecule has 106 valence electrons. The van der Waals surface area contributed by atoms with E-state index in [1.165, 1.54) is 6.07 Å². The van der Waals surface area contributed by atoms with E-state index in [-0.39, 0.29) is 11.9 Å². The first kappa shape index (κ1) is 14.5. The van der Waals surface area contributed by atoms with Crippen molar-refractivity contribution < 1.29 is 9.13 Å². The Bertz CT molecular complexity index is 595. The predicted molar refractivity (Wildman–Crippen MR) is 79.4 cm³/mol. The summed E-state index contributed by atoms with van der Waals surface area (Å²) in [5, 5.41) is 0. The maximum atomic E-state index is 13.7. The minimum Gasteiger partial charge on any atom is -0.491 e. The summed E-state index contributed by atoms with van der Waals surface area (Å²) in [5.74, 6) is 0.510. The Morgan fingerprint density at radius 1 is 1.10 bits per heavy atom. The van der Waals surface area contributed by atoms with Crippen LogP contribution in [0.25, 0.3) is 0 Å². The summed E-state index contributed by atoms with van der Waals surface area (Å²) in [6, 6.07) is 12.3. The third-order valence-corrected chi connectivity index (χ3v) is 3.17. The Balaban J connectivity index is 2.37. The fraction of sp³-hybridized carbons (Fsp3) is 0.294. The zero-order chi connectivity index (χ0) is 14.7. The average molecular weight is 273 g/mol.